The summed E-state index contributed by atoms with van der Waals surface area (Å²) in [6.45, 7) is 2.73. The fourth-order valence-corrected chi connectivity index (χ4v) is 3.50. The zero-order valence-corrected chi connectivity index (χ0v) is 16.2. The molecule has 0 saturated heterocycles. The van der Waals surface area contributed by atoms with Crippen LogP contribution in [-0.4, -0.2) is 60.3 Å². The summed E-state index contributed by atoms with van der Waals surface area (Å²) < 4.78 is 4.71. The molecule has 1 aromatic rings. The highest BCUT2D eigenvalue weighted by molar-refractivity contribution is 5.94. The van der Waals surface area contributed by atoms with E-state index in [0.29, 0.717) is 17.2 Å². The van der Waals surface area contributed by atoms with Gasteiger partial charge in [0.2, 0.25) is 0 Å². The molecule has 3 rings (SSSR count). The fourth-order valence-electron chi connectivity index (χ4n) is 3.50. The quantitative estimate of drug-likeness (QED) is 0.589. The van der Waals surface area contributed by atoms with E-state index in [9.17, 15) is 14.4 Å². The molecule has 8 heteroatoms. The standard InChI is InChI=1S/C20H27N3O5/c1-12-3-6-14(19(26)28-2)7-17(12)22-20(27)21-15-8-16(9-15)23(11-18(24)25)10-13-4-5-13/h3,6-7,13,15-16H,4-5,8-11H2,1-2H3,(H,24,25)(H2,21,22,27). The van der Waals surface area contributed by atoms with Crippen molar-refractivity contribution in [2.45, 2.75) is 44.7 Å². The molecule has 2 fully saturated rings. The molecule has 0 spiro atoms. The van der Waals surface area contributed by atoms with E-state index in [2.05, 4.69) is 10.6 Å². The maximum Gasteiger partial charge on any atom is 0.337 e. The highest BCUT2D eigenvalue weighted by Crippen LogP contribution is 2.33. The Morgan fingerprint density at radius 1 is 1.25 bits per heavy atom. The number of nitrogens with one attached hydrogen (secondary N) is 2. The Morgan fingerprint density at radius 3 is 2.57 bits per heavy atom. The Kier molecular flexibility index (Phi) is 6.18. The van der Waals surface area contributed by atoms with Gasteiger partial charge < -0.3 is 20.5 Å². The Bertz CT molecular complexity index is 756. The molecular formula is C20H27N3O5. The largest absolute Gasteiger partial charge is 0.480 e. The topological polar surface area (TPSA) is 108 Å². The highest BCUT2D eigenvalue weighted by atomic mass is 16.5. The van der Waals surface area contributed by atoms with Crippen LogP contribution in [0, 0.1) is 12.8 Å². The summed E-state index contributed by atoms with van der Waals surface area (Å²) in [6, 6.07) is 4.88. The molecule has 1 aromatic carbocycles. The number of ether oxygens (including phenoxy) is 1. The van der Waals surface area contributed by atoms with E-state index in [0.717, 1.165) is 24.9 Å². The number of urea groups is 1. The summed E-state index contributed by atoms with van der Waals surface area (Å²) >= 11 is 0. The fraction of sp³-hybridized carbons (Fsp3) is 0.550. The molecule has 2 aliphatic carbocycles. The van der Waals surface area contributed by atoms with Crippen LogP contribution in [0.3, 0.4) is 0 Å². The van der Waals surface area contributed by atoms with Gasteiger partial charge in [-0.2, -0.15) is 0 Å². The summed E-state index contributed by atoms with van der Waals surface area (Å²) in [4.78, 5) is 37.1. The predicted octanol–water partition coefficient (Wildman–Crippen LogP) is 2.23. The van der Waals surface area contributed by atoms with E-state index in [1.807, 2.05) is 11.8 Å². The van der Waals surface area contributed by atoms with Crippen molar-refractivity contribution >= 4 is 23.7 Å². The molecule has 0 atom stereocenters. The summed E-state index contributed by atoms with van der Waals surface area (Å²) in [6.07, 6.45) is 3.84. The van der Waals surface area contributed by atoms with Crippen molar-refractivity contribution in [1.82, 2.24) is 10.2 Å². The third kappa shape index (κ3) is 5.22. The molecule has 28 heavy (non-hydrogen) atoms. The number of amides is 2. The minimum absolute atomic E-state index is 0.0181. The third-order valence-corrected chi connectivity index (χ3v) is 5.40. The van der Waals surface area contributed by atoms with Crippen molar-refractivity contribution in [2.75, 3.05) is 25.5 Å². The zero-order valence-electron chi connectivity index (χ0n) is 16.2. The number of esters is 1. The first kappa shape index (κ1) is 20.1. The maximum absolute atomic E-state index is 12.3. The smallest absolute Gasteiger partial charge is 0.337 e. The minimum Gasteiger partial charge on any atom is -0.480 e. The lowest BCUT2D eigenvalue weighted by Crippen LogP contribution is -2.55. The lowest BCUT2D eigenvalue weighted by molar-refractivity contribution is -0.139. The van der Waals surface area contributed by atoms with Crippen LogP contribution in [0.4, 0.5) is 10.5 Å². The second kappa shape index (κ2) is 8.60. The summed E-state index contributed by atoms with van der Waals surface area (Å²) in [5.74, 6) is -0.644. The first-order chi connectivity index (χ1) is 13.4. The number of hydrogen-bond donors (Lipinski definition) is 3. The number of aryl methyl sites for hydroxylation is 1. The van der Waals surface area contributed by atoms with Gasteiger partial charge in [-0.1, -0.05) is 6.07 Å². The van der Waals surface area contributed by atoms with Crippen LogP contribution in [-0.2, 0) is 9.53 Å². The molecule has 0 radical (unpaired) electrons. The highest BCUT2D eigenvalue weighted by Gasteiger charge is 2.37. The van der Waals surface area contributed by atoms with E-state index in [-0.39, 0.29) is 24.7 Å². The van der Waals surface area contributed by atoms with Crippen LogP contribution in [0.1, 0.15) is 41.6 Å². The number of carbonyl (C=O) groups excluding carboxylic acids is 2. The van der Waals surface area contributed by atoms with Crippen molar-refractivity contribution < 1.29 is 24.2 Å². The number of hydrogen-bond acceptors (Lipinski definition) is 5. The number of carbonyl (C=O) groups is 3. The summed E-state index contributed by atoms with van der Waals surface area (Å²) in [7, 11) is 1.31. The van der Waals surface area contributed by atoms with Crippen LogP contribution in [0.15, 0.2) is 18.2 Å². The molecular weight excluding hydrogens is 362 g/mol. The van der Waals surface area contributed by atoms with Crippen LogP contribution >= 0.6 is 0 Å². The van der Waals surface area contributed by atoms with Gasteiger partial charge in [0.05, 0.1) is 19.2 Å². The van der Waals surface area contributed by atoms with Gasteiger partial charge >= 0.3 is 18.0 Å². The number of carboxylic acid groups (broad SMARTS) is 1. The molecule has 0 aliphatic heterocycles. The average molecular weight is 389 g/mol. The molecule has 0 unspecified atom stereocenters. The Labute approximate surface area is 164 Å². The number of benzene rings is 1. The number of aliphatic carboxylic acids is 1. The molecule has 2 amide bonds. The van der Waals surface area contributed by atoms with E-state index >= 15 is 0 Å². The van der Waals surface area contributed by atoms with Crippen molar-refractivity contribution in [3.63, 3.8) is 0 Å². The maximum atomic E-state index is 12.3. The van der Waals surface area contributed by atoms with E-state index in [1.165, 1.54) is 20.0 Å². The molecule has 0 heterocycles. The van der Waals surface area contributed by atoms with Crippen LogP contribution in [0.2, 0.25) is 0 Å². The average Bonchev–Trinajstić information content (AvgIpc) is 3.42. The Hall–Kier alpha value is -2.61. The van der Waals surface area contributed by atoms with Gasteiger partial charge in [0, 0.05) is 24.3 Å². The molecule has 3 N–H and O–H groups in total. The second-order valence-corrected chi connectivity index (χ2v) is 7.71. The number of methoxy groups -OCH3 is 1. The lowest BCUT2D eigenvalue weighted by Gasteiger charge is -2.42. The Balaban J connectivity index is 1.50. The van der Waals surface area contributed by atoms with Gasteiger partial charge in [-0.25, -0.2) is 9.59 Å². The van der Waals surface area contributed by atoms with Crippen molar-refractivity contribution in [1.29, 1.82) is 0 Å². The number of nitrogens with zero attached hydrogens (tertiary/aromatic N) is 1. The zero-order chi connectivity index (χ0) is 20.3. The van der Waals surface area contributed by atoms with Crippen LogP contribution < -0.4 is 10.6 Å². The van der Waals surface area contributed by atoms with E-state index in [1.54, 1.807) is 18.2 Å². The van der Waals surface area contributed by atoms with Gasteiger partial charge in [0.1, 0.15) is 0 Å². The van der Waals surface area contributed by atoms with Crippen molar-refractivity contribution in [3.05, 3.63) is 29.3 Å². The molecule has 8 nitrogen and oxygen atoms in total. The van der Waals surface area contributed by atoms with Crippen LogP contribution in [0.5, 0.6) is 0 Å². The first-order valence-corrected chi connectivity index (χ1v) is 9.58. The third-order valence-electron chi connectivity index (χ3n) is 5.40. The molecule has 2 aliphatic rings. The first-order valence-electron chi connectivity index (χ1n) is 9.58. The van der Waals surface area contributed by atoms with Crippen molar-refractivity contribution in [2.24, 2.45) is 5.92 Å². The molecule has 152 valence electrons. The number of anilines is 1. The minimum atomic E-state index is -0.809. The van der Waals surface area contributed by atoms with Gasteiger partial charge in [-0.3, -0.25) is 9.69 Å². The van der Waals surface area contributed by atoms with E-state index < -0.39 is 11.9 Å². The predicted molar refractivity (Wildman–Crippen MR) is 103 cm³/mol. The molecule has 2 saturated carbocycles. The molecule has 0 aromatic heterocycles. The summed E-state index contributed by atoms with van der Waals surface area (Å²) in [5.41, 5.74) is 1.76. The summed E-state index contributed by atoms with van der Waals surface area (Å²) in [5, 5.41) is 14.8. The van der Waals surface area contributed by atoms with Crippen molar-refractivity contribution in [3.8, 4) is 0 Å². The van der Waals surface area contributed by atoms with Gasteiger partial charge in [-0.05, 0) is 56.2 Å². The Morgan fingerprint density at radius 2 is 1.96 bits per heavy atom. The SMILES string of the molecule is COC(=O)c1ccc(C)c(NC(=O)NC2CC(N(CC(=O)O)CC3CC3)C2)c1. The monoisotopic (exact) mass is 389 g/mol. The number of carboxylic acids is 1. The van der Waals surface area contributed by atoms with Gasteiger partial charge in [0.15, 0.2) is 0 Å². The number of rotatable bonds is 8. The molecule has 0 bridgehead atoms. The lowest BCUT2D eigenvalue weighted by atomic mass is 9.85. The van der Waals surface area contributed by atoms with Gasteiger partial charge in [-0.15, -0.1) is 0 Å². The van der Waals surface area contributed by atoms with E-state index in [4.69, 9.17) is 9.84 Å². The normalized spacial score (nSPS) is 21.0. The second-order valence-electron chi connectivity index (χ2n) is 7.71. The van der Waals surface area contributed by atoms with Gasteiger partial charge in [0.25, 0.3) is 0 Å². The van der Waals surface area contributed by atoms with Crippen LogP contribution in [0.25, 0.3) is 0 Å².